The van der Waals surface area contributed by atoms with Gasteiger partial charge in [0.1, 0.15) is 5.69 Å². The van der Waals surface area contributed by atoms with E-state index in [4.69, 9.17) is 0 Å². The largest absolute Gasteiger partial charge is 0.433 e. The lowest BCUT2D eigenvalue weighted by Crippen LogP contribution is -2.30. The Labute approximate surface area is 137 Å². The molecule has 3 heterocycles. The second kappa shape index (κ2) is 5.65. The Hall–Kier alpha value is -2.31. The standard InChI is InChI=1S/C17H17F3N4/c18-17(19,20)15-6-7-21-16(22-15)24-10-12-8-23(9-13(12)11-24)14-4-2-1-3-5-14/h1-7,12-13H,8-11H2. The van der Waals surface area contributed by atoms with Crippen molar-refractivity contribution in [2.75, 3.05) is 36.0 Å². The molecule has 0 aliphatic carbocycles. The lowest BCUT2D eigenvalue weighted by Gasteiger charge is -2.23. The molecule has 1 aromatic carbocycles. The van der Waals surface area contributed by atoms with Gasteiger partial charge in [-0.1, -0.05) is 18.2 Å². The maximum atomic E-state index is 12.8. The molecule has 0 saturated carbocycles. The fourth-order valence-electron chi connectivity index (χ4n) is 3.66. The van der Waals surface area contributed by atoms with E-state index >= 15 is 0 Å². The Morgan fingerprint density at radius 1 is 0.875 bits per heavy atom. The van der Waals surface area contributed by atoms with Crippen LogP contribution < -0.4 is 9.80 Å². The lowest BCUT2D eigenvalue weighted by atomic mass is 10.0. The fraction of sp³-hybridized carbons (Fsp3) is 0.412. The van der Waals surface area contributed by atoms with Gasteiger partial charge in [0, 0.05) is 49.9 Å². The van der Waals surface area contributed by atoms with Crippen LogP contribution in [0.1, 0.15) is 5.69 Å². The van der Waals surface area contributed by atoms with Gasteiger partial charge in [0.25, 0.3) is 0 Å². The molecule has 4 rings (SSSR count). The minimum atomic E-state index is -4.43. The first-order chi connectivity index (χ1) is 11.5. The molecule has 2 unspecified atom stereocenters. The van der Waals surface area contributed by atoms with Crippen molar-refractivity contribution in [1.82, 2.24) is 9.97 Å². The summed E-state index contributed by atoms with van der Waals surface area (Å²) in [6.07, 6.45) is -3.24. The Balaban J connectivity index is 1.46. The van der Waals surface area contributed by atoms with E-state index < -0.39 is 11.9 Å². The molecule has 7 heteroatoms. The van der Waals surface area contributed by atoms with Crippen LogP contribution >= 0.6 is 0 Å². The fourth-order valence-corrected chi connectivity index (χ4v) is 3.66. The molecule has 4 nitrogen and oxygen atoms in total. The van der Waals surface area contributed by atoms with Crippen molar-refractivity contribution in [1.29, 1.82) is 0 Å². The minimum Gasteiger partial charge on any atom is -0.371 e. The molecule has 0 radical (unpaired) electrons. The number of anilines is 2. The second-order valence-corrected chi connectivity index (χ2v) is 6.41. The van der Waals surface area contributed by atoms with E-state index in [0.29, 0.717) is 24.9 Å². The molecular formula is C17H17F3N4. The highest BCUT2D eigenvalue weighted by atomic mass is 19.4. The third kappa shape index (κ3) is 2.79. The third-order valence-corrected chi connectivity index (χ3v) is 4.82. The number of rotatable bonds is 2. The van der Waals surface area contributed by atoms with E-state index in [1.54, 1.807) is 0 Å². The number of alkyl halides is 3. The molecule has 2 aliphatic rings. The molecule has 0 bridgehead atoms. The average molecular weight is 334 g/mol. The van der Waals surface area contributed by atoms with Crippen molar-refractivity contribution in [3.05, 3.63) is 48.3 Å². The molecule has 2 saturated heterocycles. The van der Waals surface area contributed by atoms with Gasteiger partial charge in [0.05, 0.1) is 0 Å². The van der Waals surface area contributed by atoms with Crippen molar-refractivity contribution in [2.45, 2.75) is 6.18 Å². The van der Waals surface area contributed by atoms with Crippen molar-refractivity contribution in [2.24, 2.45) is 11.8 Å². The van der Waals surface area contributed by atoms with Crippen LogP contribution in [0.3, 0.4) is 0 Å². The molecule has 2 atom stereocenters. The van der Waals surface area contributed by atoms with Gasteiger partial charge in [0.15, 0.2) is 0 Å². The summed E-state index contributed by atoms with van der Waals surface area (Å²) in [6, 6.07) is 11.1. The normalized spacial score (nSPS) is 23.6. The highest BCUT2D eigenvalue weighted by Crippen LogP contribution is 2.36. The summed E-state index contributed by atoms with van der Waals surface area (Å²) in [5.74, 6) is 1.05. The Morgan fingerprint density at radius 3 is 2.12 bits per heavy atom. The van der Waals surface area contributed by atoms with E-state index in [9.17, 15) is 13.2 Å². The highest BCUT2D eigenvalue weighted by Gasteiger charge is 2.41. The van der Waals surface area contributed by atoms with Crippen LogP contribution in [-0.4, -0.2) is 36.1 Å². The molecule has 0 N–H and O–H groups in total. The average Bonchev–Trinajstić information content (AvgIpc) is 3.14. The van der Waals surface area contributed by atoms with E-state index in [0.717, 1.165) is 19.2 Å². The molecule has 24 heavy (non-hydrogen) atoms. The molecule has 2 aliphatic heterocycles. The van der Waals surface area contributed by atoms with Crippen LogP contribution in [0.2, 0.25) is 0 Å². The maximum absolute atomic E-state index is 12.8. The molecule has 0 spiro atoms. The molecular weight excluding hydrogens is 317 g/mol. The van der Waals surface area contributed by atoms with Crippen LogP contribution in [0.25, 0.3) is 0 Å². The number of hydrogen-bond donors (Lipinski definition) is 0. The second-order valence-electron chi connectivity index (χ2n) is 6.41. The van der Waals surface area contributed by atoms with Crippen LogP contribution in [0.15, 0.2) is 42.6 Å². The number of benzene rings is 1. The summed E-state index contributed by atoms with van der Waals surface area (Å²) in [4.78, 5) is 12.0. The number of aromatic nitrogens is 2. The van der Waals surface area contributed by atoms with Crippen LogP contribution in [0, 0.1) is 11.8 Å². The zero-order valence-corrected chi connectivity index (χ0v) is 12.9. The topological polar surface area (TPSA) is 32.3 Å². The van der Waals surface area contributed by atoms with Crippen molar-refractivity contribution >= 4 is 11.6 Å². The van der Waals surface area contributed by atoms with E-state index in [1.807, 2.05) is 23.1 Å². The van der Waals surface area contributed by atoms with Gasteiger partial charge in [-0.05, 0) is 18.2 Å². The first-order valence-corrected chi connectivity index (χ1v) is 7.96. The van der Waals surface area contributed by atoms with Gasteiger partial charge in [-0.2, -0.15) is 13.2 Å². The Morgan fingerprint density at radius 2 is 1.50 bits per heavy atom. The van der Waals surface area contributed by atoms with Crippen molar-refractivity contribution in [3.8, 4) is 0 Å². The van der Waals surface area contributed by atoms with Gasteiger partial charge in [-0.25, -0.2) is 9.97 Å². The smallest absolute Gasteiger partial charge is 0.371 e. The van der Waals surface area contributed by atoms with Crippen LogP contribution in [0.4, 0.5) is 24.8 Å². The number of fused-ring (bicyclic) bond motifs is 1. The summed E-state index contributed by atoms with van der Waals surface area (Å²) >= 11 is 0. The minimum absolute atomic E-state index is 0.186. The third-order valence-electron chi connectivity index (χ3n) is 4.82. The number of hydrogen-bond acceptors (Lipinski definition) is 4. The number of nitrogens with zero attached hydrogens (tertiary/aromatic N) is 4. The quantitative estimate of drug-likeness (QED) is 0.845. The lowest BCUT2D eigenvalue weighted by molar-refractivity contribution is -0.141. The van der Waals surface area contributed by atoms with Gasteiger partial charge in [-0.3, -0.25) is 0 Å². The maximum Gasteiger partial charge on any atom is 0.433 e. The predicted molar refractivity (Wildman–Crippen MR) is 84.9 cm³/mol. The summed E-state index contributed by atoms with van der Waals surface area (Å²) in [7, 11) is 0. The zero-order valence-electron chi connectivity index (χ0n) is 12.9. The molecule has 2 aromatic rings. The summed E-state index contributed by atoms with van der Waals surface area (Å²) in [5.41, 5.74) is 0.323. The molecule has 0 amide bonds. The van der Waals surface area contributed by atoms with E-state index in [-0.39, 0.29) is 5.95 Å². The first-order valence-electron chi connectivity index (χ1n) is 7.96. The molecule has 1 aromatic heterocycles. The highest BCUT2D eigenvalue weighted by molar-refractivity contribution is 5.48. The molecule has 2 fully saturated rings. The van der Waals surface area contributed by atoms with E-state index in [2.05, 4.69) is 27.0 Å². The number of halogens is 3. The van der Waals surface area contributed by atoms with Crippen LogP contribution in [-0.2, 0) is 6.18 Å². The molecule has 126 valence electrons. The SMILES string of the molecule is FC(F)(F)c1ccnc(N2CC3CN(c4ccccc4)CC3C2)n1. The predicted octanol–water partition coefficient (Wildman–Crippen LogP) is 3.07. The van der Waals surface area contributed by atoms with Gasteiger partial charge in [-0.15, -0.1) is 0 Å². The van der Waals surface area contributed by atoms with Crippen molar-refractivity contribution in [3.63, 3.8) is 0 Å². The van der Waals surface area contributed by atoms with E-state index in [1.165, 1.54) is 11.9 Å². The van der Waals surface area contributed by atoms with Gasteiger partial charge < -0.3 is 9.80 Å². The summed E-state index contributed by atoms with van der Waals surface area (Å²) < 4.78 is 38.4. The first kappa shape index (κ1) is 15.2. The summed E-state index contributed by atoms with van der Waals surface area (Å²) in [6.45, 7) is 3.25. The Kier molecular flexibility index (Phi) is 3.58. The van der Waals surface area contributed by atoms with Gasteiger partial charge in [0.2, 0.25) is 5.95 Å². The Bertz CT molecular complexity index is 705. The van der Waals surface area contributed by atoms with Crippen molar-refractivity contribution < 1.29 is 13.2 Å². The number of para-hydroxylation sites is 1. The van der Waals surface area contributed by atoms with Gasteiger partial charge >= 0.3 is 6.18 Å². The van der Waals surface area contributed by atoms with Crippen LogP contribution in [0.5, 0.6) is 0 Å². The summed E-state index contributed by atoms with van der Waals surface area (Å²) in [5, 5.41) is 0. The monoisotopic (exact) mass is 334 g/mol. The zero-order chi connectivity index (χ0) is 16.7.